The molecule has 1 aliphatic heterocycles. The van der Waals surface area contributed by atoms with Crippen molar-refractivity contribution >= 4 is 29.0 Å². The Kier molecular flexibility index (Phi) is 4.59. The molecule has 3 heterocycles. The zero-order valence-corrected chi connectivity index (χ0v) is 14.7. The summed E-state index contributed by atoms with van der Waals surface area (Å²) in [7, 11) is 0. The fourth-order valence-corrected chi connectivity index (χ4v) is 5.30. The molecule has 6 heteroatoms. The van der Waals surface area contributed by atoms with Gasteiger partial charge in [0.15, 0.2) is 0 Å². The van der Waals surface area contributed by atoms with Crippen LogP contribution in [0.2, 0.25) is 0 Å². The Morgan fingerprint density at radius 1 is 1.55 bits per heavy atom. The van der Waals surface area contributed by atoms with Gasteiger partial charge in [-0.3, -0.25) is 9.89 Å². The van der Waals surface area contributed by atoms with E-state index < -0.39 is 0 Å². The van der Waals surface area contributed by atoms with Crippen LogP contribution in [0.25, 0.3) is 10.6 Å². The maximum absolute atomic E-state index is 12.5. The van der Waals surface area contributed by atoms with Gasteiger partial charge in [0.05, 0.1) is 14.6 Å². The molecular formula is C16H21N3OS2. The predicted molar refractivity (Wildman–Crippen MR) is 92.7 cm³/mol. The Bertz CT molecular complexity index is 663. The van der Waals surface area contributed by atoms with E-state index in [2.05, 4.69) is 36.3 Å². The van der Waals surface area contributed by atoms with E-state index in [0.29, 0.717) is 5.92 Å². The van der Waals surface area contributed by atoms with Gasteiger partial charge in [0, 0.05) is 18.0 Å². The summed E-state index contributed by atoms with van der Waals surface area (Å²) in [5.41, 5.74) is 2.99. The van der Waals surface area contributed by atoms with Gasteiger partial charge in [-0.2, -0.15) is 5.10 Å². The molecule has 2 unspecified atom stereocenters. The molecule has 0 radical (unpaired) electrons. The molecule has 2 N–H and O–H groups in total. The minimum absolute atomic E-state index is 0.0680. The summed E-state index contributed by atoms with van der Waals surface area (Å²) >= 11 is 3.52. The SMILES string of the molecule is CCC(C)CSc1sc(-c2cc[nH]n2)c2c1C(=O)NC(C)C2. The average molecular weight is 335 g/mol. The van der Waals surface area contributed by atoms with Gasteiger partial charge in [0.1, 0.15) is 5.69 Å². The fraction of sp³-hybridized carbons (Fsp3) is 0.500. The van der Waals surface area contributed by atoms with Gasteiger partial charge < -0.3 is 5.32 Å². The molecule has 0 aromatic carbocycles. The number of fused-ring (bicyclic) bond motifs is 1. The Balaban J connectivity index is 2.00. The van der Waals surface area contributed by atoms with E-state index in [-0.39, 0.29) is 11.9 Å². The first-order chi connectivity index (χ1) is 10.6. The number of nitrogens with one attached hydrogen (secondary N) is 2. The normalized spacial score (nSPS) is 18.9. The molecule has 0 aliphatic carbocycles. The second-order valence-electron chi connectivity index (χ2n) is 5.93. The lowest BCUT2D eigenvalue weighted by molar-refractivity contribution is 0.0927. The number of thiophene rings is 1. The summed E-state index contributed by atoms with van der Waals surface area (Å²) in [6.07, 6.45) is 3.87. The van der Waals surface area contributed by atoms with Gasteiger partial charge in [-0.15, -0.1) is 23.1 Å². The Morgan fingerprint density at radius 3 is 3.05 bits per heavy atom. The van der Waals surface area contributed by atoms with Gasteiger partial charge in [-0.25, -0.2) is 0 Å². The van der Waals surface area contributed by atoms with Gasteiger partial charge >= 0.3 is 0 Å². The first kappa shape index (κ1) is 15.6. The van der Waals surface area contributed by atoms with Crippen LogP contribution in [0.5, 0.6) is 0 Å². The van der Waals surface area contributed by atoms with E-state index in [1.807, 2.05) is 24.0 Å². The first-order valence-corrected chi connectivity index (χ1v) is 9.49. The molecule has 0 spiro atoms. The summed E-state index contributed by atoms with van der Waals surface area (Å²) in [4.78, 5) is 13.6. The number of rotatable bonds is 5. The molecule has 0 fully saturated rings. The molecule has 0 saturated carbocycles. The number of nitrogens with zero attached hydrogens (tertiary/aromatic N) is 1. The van der Waals surface area contributed by atoms with Gasteiger partial charge in [0.25, 0.3) is 5.91 Å². The Hall–Kier alpha value is -1.27. The lowest BCUT2D eigenvalue weighted by Crippen LogP contribution is -2.39. The lowest BCUT2D eigenvalue weighted by atomic mass is 9.97. The van der Waals surface area contributed by atoms with E-state index in [1.165, 1.54) is 5.56 Å². The van der Waals surface area contributed by atoms with Crippen molar-refractivity contribution in [1.29, 1.82) is 0 Å². The largest absolute Gasteiger partial charge is 0.349 e. The zero-order chi connectivity index (χ0) is 15.7. The van der Waals surface area contributed by atoms with Crippen LogP contribution in [-0.2, 0) is 6.42 Å². The summed E-state index contributed by atoms with van der Waals surface area (Å²) in [6, 6.07) is 2.16. The van der Waals surface area contributed by atoms with Gasteiger partial charge in [-0.1, -0.05) is 20.3 Å². The van der Waals surface area contributed by atoms with Crippen LogP contribution in [0, 0.1) is 5.92 Å². The number of hydrogen-bond donors (Lipinski definition) is 2. The highest BCUT2D eigenvalue weighted by atomic mass is 32.2. The fourth-order valence-electron chi connectivity index (χ4n) is 2.55. The standard InChI is InChI=1S/C16H21N3OS2/c1-4-9(2)8-21-16-13-11(7-10(3)18-15(13)20)14(22-16)12-5-6-17-19-12/h5-6,9-10H,4,7-8H2,1-3H3,(H,17,19)(H,18,20). The number of amides is 1. The number of carbonyl (C=O) groups is 1. The maximum atomic E-state index is 12.5. The molecule has 2 atom stereocenters. The molecule has 22 heavy (non-hydrogen) atoms. The van der Waals surface area contributed by atoms with Crippen LogP contribution in [-0.4, -0.2) is 27.9 Å². The second-order valence-corrected chi connectivity index (χ2v) is 8.24. The molecule has 2 aromatic heterocycles. The molecule has 4 nitrogen and oxygen atoms in total. The monoisotopic (exact) mass is 335 g/mol. The summed E-state index contributed by atoms with van der Waals surface area (Å²) in [5.74, 6) is 1.77. The van der Waals surface area contributed by atoms with E-state index in [1.54, 1.807) is 11.3 Å². The Morgan fingerprint density at radius 2 is 2.36 bits per heavy atom. The number of hydrogen-bond acceptors (Lipinski definition) is 4. The number of H-pyrrole nitrogens is 1. The summed E-state index contributed by atoms with van der Waals surface area (Å²) < 4.78 is 1.14. The summed E-state index contributed by atoms with van der Waals surface area (Å²) in [5, 5.41) is 10.3. The van der Waals surface area contributed by atoms with Crippen LogP contribution in [0.3, 0.4) is 0 Å². The number of thioether (sulfide) groups is 1. The van der Waals surface area contributed by atoms with Crippen molar-refractivity contribution in [2.75, 3.05) is 5.75 Å². The van der Waals surface area contributed by atoms with Crippen molar-refractivity contribution in [3.05, 3.63) is 23.4 Å². The van der Waals surface area contributed by atoms with Crippen molar-refractivity contribution in [3.63, 3.8) is 0 Å². The molecular weight excluding hydrogens is 314 g/mol. The quantitative estimate of drug-likeness (QED) is 0.813. The molecule has 0 saturated heterocycles. The van der Waals surface area contributed by atoms with Gasteiger partial charge in [-0.05, 0) is 30.9 Å². The van der Waals surface area contributed by atoms with E-state index >= 15 is 0 Å². The average Bonchev–Trinajstić information content (AvgIpc) is 3.11. The van der Waals surface area contributed by atoms with Crippen molar-refractivity contribution in [3.8, 4) is 10.6 Å². The second kappa shape index (κ2) is 6.46. The zero-order valence-electron chi connectivity index (χ0n) is 13.1. The topological polar surface area (TPSA) is 57.8 Å². The van der Waals surface area contributed by atoms with Crippen molar-refractivity contribution in [1.82, 2.24) is 15.5 Å². The molecule has 118 valence electrons. The van der Waals surface area contributed by atoms with E-state index in [9.17, 15) is 4.79 Å². The highest BCUT2D eigenvalue weighted by molar-refractivity contribution is 8.01. The van der Waals surface area contributed by atoms with Crippen LogP contribution >= 0.6 is 23.1 Å². The van der Waals surface area contributed by atoms with Crippen LogP contribution < -0.4 is 5.32 Å². The van der Waals surface area contributed by atoms with Crippen molar-refractivity contribution < 1.29 is 4.79 Å². The van der Waals surface area contributed by atoms with Gasteiger partial charge in [0.2, 0.25) is 0 Å². The predicted octanol–water partition coefficient (Wildman–Crippen LogP) is 3.95. The number of carbonyl (C=O) groups excluding carboxylic acids is 1. The minimum Gasteiger partial charge on any atom is -0.349 e. The lowest BCUT2D eigenvalue weighted by Gasteiger charge is -2.21. The maximum Gasteiger partial charge on any atom is 0.253 e. The molecule has 1 aliphatic rings. The minimum atomic E-state index is 0.0680. The third-order valence-electron chi connectivity index (χ3n) is 4.02. The molecule has 3 rings (SSSR count). The molecule has 1 amide bonds. The number of aromatic nitrogens is 2. The molecule has 0 bridgehead atoms. The van der Waals surface area contributed by atoms with Crippen LogP contribution in [0.15, 0.2) is 16.5 Å². The van der Waals surface area contributed by atoms with Crippen LogP contribution in [0.4, 0.5) is 0 Å². The first-order valence-electron chi connectivity index (χ1n) is 7.69. The third-order valence-corrected chi connectivity index (χ3v) is 6.87. The smallest absolute Gasteiger partial charge is 0.253 e. The third kappa shape index (κ3) is 2.94. The van der Waals surface area contributed by atoms with Crippen molar-refractivity contribution in [2.24, 2.45) is 5.92 Å². The highest BCUT2D eigenvalue weighted by Crippen LogP contribution is 2.43. The highest BCUT2D eigenvalue weighted by Gasteiger charge is 2.31. The summed E-state index contributed by atoms with van der Waals surface area (Å²) in [6.45, 7) is 6.52. The Labute approximate surface area is 139 Å². The number of aromatic amines is 1. The van der Waals surface area contributed by atoms with Crippen molar-refractivity contribution in [2.45, 2.75) is 43.9 Å². The van der Waals surface area contributed by atoms with E-state index in [0.717, 1.165) is 38.9 Å². The molecule has 2 aromatic rings. The van der Waals surface area contributed by atoms with E-state index in [4.69, 9.17) is 0 Å². The van der Waals surface area contributed by atoms with Crippen LogP contribution in [0.1, 0.15) is 43.1 Å².